The van der Waals surface area contributed by atoms with Gasteiger partial charge in [0.05, 0.1) is 6.61 Å². The van der Waals surface area contributed by atoms with Gasteiger partial charge in [0.15, 0.2) is 11.3 Å². The van der Waals surface area contributed by atoms with Crippen LogP contribution in [0.25, 0.3) is 11.2 Å². The SMILES string of the molecule is OC[C@H]1O[C@@H](On2cnc3c(NCc4ccccc4)ncnc32)[C@H](O)[C@@H]1O. The Kier molecular flexibility index (Phi) is 4.86. The molecular weight excluding hydrogens is 354 g/mol. The largest absolute Gasteiger partial charge is 0.394 e. The van der Waals surface area contributed by atoms with Crippen LogP contribution in [0.1, 0.15) is 5.56 Å². The van der Waals surface area contributed by atoms with Gasteiger partial charge < -0.3 is 30.2 Å². The molecule has 10 heteroatoms. The molecule has 0 spiro atoms. The van der Waals surface area contributed by atoms with Crippen molar-refractivity contribution in [2.24, 2.45) is 0 Å². The highest BCUT2D eigenvalue weighted by molar-refractivity contribution is 5.82. The number of imidazole rings is 1. The average molecular weight is 373 g/mol. The predicted molar refractivity (Wildman–Crippen MR) is 93.4 cm³/mol. The van der Waals surface area contributed by atoms with Gasteiger partial charge in [-0.1, -0.05) is 30.3 Å². The maximum absolute atomic E-state index is 10.0. The Bertz CT molecular complexity index is 905. The molecule has 3 aromatic rings. The second-order valence-electron chi connectivity index (χ2n) is 6.12. The van der Waals surface area contributed by atoms with Crippen molar-refractivity contribution >= 4 is 17.0 Å². The van der Waals surface area contributed by atoms with Gasteiger partial charge in [0.1, 0.15) is 31.0 Å². The van der Waals surface area contributed by atoms with Crippen molar-refractivity contribution < 1.29 is 24.9 Å². The molecule has 0 aliphatic carbocycles. The zero-order valence-electron chi connectivity index (χ0n) is 14.2. The van der Waals surface area contributed by atoms with Crippen molar-refractivity contribution in [3.8, 4) is 0 Å². The van der Waals surface area contributed by atoms with E-state index < -0.39 is 31.2 Å². The lowest BCUT2D eigenvalue weighted by molar-refractivity contribution is -0.169. The molecule has 1 aromatic carbocycles. The number of rotatable bonds is 6. The summed E-state index contributed by atoms with van der Waals surface area (Å²) in [5.41, 5.74) is 1.95. The normalized spacial score (nSPS) is 25.0. The summed E-state index contributed by atoms with van der Waals surface area (Å²) in [5.74, 6) is 0.535. The number of nitrogens with zero attached hydrogens (tertiary/aromatic N) is 4. The first-order valence-electron chi connectivity index (χ1n) is 8.43. The third kappa shape index (κ3) is 3.43. The molecule has 1 saturated heterocycles. The molecule has 142 valence electrons. The summed E-state index contributed by atoms with van der Waals surface area (Å²) >= 11 is 0. The topological polar surface area (TPSA) is 135 Å². The van der Waals surface area contributed by atoms with Crippen LogP contribution in [0.15, 0.2) is 43.0 Å². The van der Waals surface area contributed by atoms with Crippen LogP contribution in [0.5, 0.6) is 0 Å². The van der Waals surface area contributed by atoms with Gasteiger partial charge in [-0.25, -0.2) is 15.0 Å². The minimum absolute atomic E-state index is 0.373. The summed E-state index contributed by atoms with van der Waals surface area (Å²) in [7, 11) is 0. The van der Waals surface area contributed by atoms with Gasteiger partial charge in [-0.05, 0) is 5.56 Å². The van der Waals surface area contributed by atoms with Gasteiger partial charge in [0.2, 0.25) is 5.65 Å². The molecule has 0 unspecified atom stereocenters. The van der Waals surface area contributed by atoms with Gasteiger partial charge in [-0.15, -0.1) is 4.73 Å². The van der Waals surface area contributed by atoms with E-state index in [0.29, 0.717) is 23.5 Å². The van der Waals surface area contributed by atoms with E-state index in [1.54, 1.807) is 0 Å². The molecule has 4 rings (SSSR count). The maximum Gasteiger partial charge on any atom is 0.254 e. The van der Waals surface area contributed by atoms with Crippen LogP contribution in [0.4, 0.5) is 5.82 Å². The van der Waals surface area contributed by atoms with Gasteiger partial charge in [-0.2, -0.15) is 0 Å². The fraction of sp³-hybridized carbons (Fsp3) is 0.353. The monoisotopic (exact) mass is 373 g/mol. The standard InChI is InChI=1S/C17H19N5O5/c23-7-11-13(24)14(25)17(26-11)27-22-9-21-12-15(19-8-20-16(12)22)18-6-10-4-2-1-3-5-10/h1-5,8-9,11,13-14,17,23-25H,6-7H2,(H,18,19,20)/t11-,13-,14-,17+/m1/s1. The average Bonchev–Trinajstić information content (AvgIpc) is 3.24. The second-order valence-corrected chi connectivity index (χ2v) is 6.12. The number of aromatic nitrogens is 4. The molecule has 0 saturated carbocycles. The Labute approximate surface area is 154 Å². The first kappa shape index (κ1) is 17.6. The van der Waals surface area contributed by atoms with Crippen LogP contribution in [-0.4, -0.2) is 66.2 Å². The van der Waals surface area contributed by atoms with E-state index in [1.165, 1.54) is 17.4 Å². The summed E-state index contributed by atoms with van der Waals surface area (Å²) in [5, 5.41) is 32.2. The molecular formula is C17H19N5O5. The van der Waals surface area contributed by atoms with Crippen LogP contribution in [0.2, 0.25) is 0 Å². The van der Waals surface area contributed by atoms with Crippen LogP contribution in [0.3, 0.4) is 0 Å². The van der Waals surface area contributed by atoms with Crippen molar-refractivity contribution in [3.05, 3.63) is 48.5 Å². The number of aliphatic hydroxyl groups is 3. The maximum atomic E-state index is 10.0. The first-order valence-corrected chi connectivity index (χ1v) is 8.43. The fourth-order valence-corrected chi connectivity index (χ4v) is 2.87. The fourth-order valence-electron chi connectivity index (χ4n) is 2.87. The van der Waals surface area contributed by atoms with Crippen LogP contribution < -0.4 is 10.2 Å². The van der Waals surface area contributed by atoms with Crippen molar-refractivity contribution in [1.29, 1.82) is 0 Å². The Balaban J connectivity index is 1.52. The van der Waals surface area contributed by atoms with Gasteiger partial charge in [0.25, 0.3) is 6.29 Å². The third-order valence-corrected chi connectivity index (χ3v) is 4.32. The third-order valence-electron chi connectivity index (χ3n) is 4.32. The first-order chi connectivity index (χ1) is 13.2. The lowest BCUT2D eigenvalue weighted by Gasteiger charge is -2.16. The minimum Gasteiger partial charge on any atom is -0.394 e. The number of nitrogens with one attached hydrogen (secondary N) is 1. The Morgan fingerprint density at radius 2 is 1.93 bits per heavy atom. The number of hydrogen-bond donors (Lipinski definition) is 4. The van der Waals surface area contributed by atoms with Crippen LogP contribution in [0, 0.1) is 0 Å². The van der Waals surface area contributed by atoms with Crippen molar-refractivity contribution in [1.82, 2.24) is 19.7 Å². The Morgan fingerprint density at radius 3 is 2.67 bits per heavy atom. The van der Waals surface area contributed by atoms with Crippen molar-refractivity contribution in [2.75, 3.05) is 11.9 Å². The molecule has 4 N–H and O–H groups in total. The highest BCUT2D eigenvalue weighted by atomic mass is 16.8. The molecule has 10 nitrogen and oxygen atoms in total. The lowest BCUT2D eigenvalue weighted by Crippen LogP contribution is -2.38. The van der Waals surface area contributed by atoms with Crippen LogP contribution >= 0.6 is 0 Å². The predicted octanol–water partition coefficient (Wildman–Crippen LogP) is -0.694. The summed E-state index contributed by atoms with van der Waals surface area (Å²) in [4.78, 5) is 18.2. The zero-order valence-corrected chi connectivity index (χ0v) is 14.2. The van der Waals surface area contributed by atoms with E-state index in [1.807, 2.05) is 30.3 Å². The second kappa shape index (κ2) is 7.45. The van der Waals surface area contributed by atoms with Crippen molar-refractivity contribution in [3.63, 3.8) is 0 Å². The summed E-state index contributed by atoms with van der Waals surface area (Å²) in [6.45, 7) is 0.133. The van der Waals surface area contributed by atoms with E-state index >= 15 is 0 Å². The number of benzene rings is 1. The summed E-state index contributed by atoms with van der Waals surface area (Å²) in [6.07, 6.45) is -1.89. The Hall–Kier alpha value is -2.79. The summed E-state index contributed by atoms with van der Waals surface area (Å²) < 4.78 is 6.55. The van der Waals surface area contributed by atoms with E-state index in [2.05, 4.69) is 20.3 Å². The highest BCUT2D eigenvalue weighted by Crippen LogP contribution is 2.22. The van der Waals surface area contributed by atoms with E-state index in [0.717, 1.165) is 5.56 Å². The zero-order chi connectivity index (χ0) is 18.8. The molecule has 0 radical (unpaired) electrons. The number of fused-ring (bicyclic) bond motifs is 1. The minimum atomic E-state index is -1.31. The van der Waals surface area contributed by atoms with Crippen LogP contribution in [-0.2, 0) is 11.3 Å². The molecule has 3 heterocycles. The highest BCUT2D eigenvalue weighted by Gasteiger charge is 2.44. The number of ether oxygens (including phenoxy) is 1. The number of anilines is 1. The molecule has 2 aromatic heterocycles. The molecule has 1 fully saturated rings. The quantitative estimate of drug-likeness (QED) is 0.442. The Morgan fingerprint density at radius 1 is 1.11 bits per heavy atom. The van der Waals surface area contributed by atoms with Gasteiger partial charge in [0, 0.05) is 6.54 Å². The van der Waals surface area contributed by atoms with Crippen molar-refractivity contribution in [2.45, 2.75) is 31.1 Å². The number of hydrogen-bond acceptors (Lipinski definition) is 9. The van der Waals surface area contributed by atoms with E-state index in [4.69, 9.17) is 14.7 Å². The smallest absolute Gasteiger partial charge is 0.254 e. The molecule has 1 aliphatic rings. The molecule has 27 heavy (non-hydrogen) atoms. The van der Waals surface area contributed by atoms with E-state index in [9.17, 15) is 10.2 Å². The lowest BCUT2D eigenvalue weighted by atomic mass is 10.1. The molecule has 4 atom stereocenters. The molecule has 1 aliphatic heterocycles. The van der Waals surface area contributed by atoms with Gasteiger partial charge >= 0.3 is 0 Å². The molecule has 0 amide bonds. The summed E-state index contributed by atoms with van der Waals surface area (Å²) in [6, 6.07) is 9.85. The van der Waals surface area contributed by atoms with Gasteiger partial charge in [-0.3, -0.25) is 0 Å². The van der Waals surface area contributed by atoms with E-state index in [-0.39, 0.29) is 0 Å². The number of aliphatic hydroxyl groups excluding tert-OH is 3. The molecule has 0 bridgehead atoms.